The van der Waals surface area contributed by atoms with Gasteiger partial charge in [0.15, 0.2) is 0 Å². The fourth-order valence-electron chi connectivity index (χ4n) is 2.85. The van der Waals surface area contributed by atoms with Gasteiger partial charge in [-0.15, -0.1) is 11.3 Å². The van der Waals surface area contributed by atoms with Crippen molar-refractivity contribution in [2.24, 2.45) is 0 Å². The maximum Gasteiger partial charge on any atom is 0.225 e. The quantitative estimate of drug-likeness (QED) is 0.624. The van der Waals surface area contributed by atoms with Crippen LogP contribution in [0, 0.1) is 6.92 Å². The highest BCUT2D eigenvalue weighted by Crippen LogP contribution is 2.30. The minimum Gasteiger partial charge on any atom is -0.497 e. The normalized spacial score (nSPS) is 10.5. The lowest BCUT2D eigenvalue weighted by atomic mass is 10.1. The Kier molecular flexibility index (Phi) is 6.66. The number of amides is 1. The van der Waals surface area contributed by atoms with E-state index in [4.69, 9.17) is 9.47 Å². The molecular formula is C22H24N2O3S. The number of hydrogen-bond acceptors (Lipinski definition) is 5. The van der Waals surface area contributed by atoms with E-state index < -0.39 is 0 Å². The predicted molar refractivity (Wildman–Crippen MR) is 112 cm³/mol. The molecule has 0 radical (unpaired) electrons. The summed E-state index contributed by atoms with van der Waals surface area (Å²) in [7, 11) is 3.30. The van der Waals surface area contributed by atoms with Gasteiger partial charge in [0.25, 0.3) is 0 Å². The third-order valence-corrected chi connectivity index (χ3v) is 5.61. The van der Waals surface area contributed by atoms with Crippen LogP contribution in [0.2, 0.25) is 0 Å². The number of thiazole rings is 1. The van der Waals surface area contributed by atoms with Crippen molar-refractivity contribution in [3.8, 4) is 22.1 Å². The molecule has 0 unspecified atom stereocenters. The van der Waals surface area contributed by atoms with Crippen molar-refractivity contribution in [1.29, 1.82) is 0 Å². The van der Waals surface area contributed by atoms with Gasteiger partial charge in [-0.25, -0.2) is 4.98 Å². The SMILES string of the molecule is COc1cccc(CCNC(=O)Cc2sc(-c3cccc(OC)c3)nc2C)c1. The molecule has 0 spiro atoms. The summed E-state index contributed by atoms with van der Waals surface area (Å²) in [5.41, 5.74) is 3.02. The minimum absolute atomic E-state index is 0.00633. The van der Waals surface area contributed by atoms with Crippen molar-refractivity contribution >= 4 is 17.2 Å². The molecule has 1 N–H and O–H groups in total. The van der Waals surface area contributed by atoms with E-state index in [0.717, 1.165) is 44.6 Å². The number of carbonyl (C=O) groups excluding carboxylic acids is 1. The van der Waals surface area contributed by atoms with Crippen molar-refractivity contribution in [2.45, 2.75) is 19.8 Å². The molecular weight excluding hydrogens is 372 g/mol. The van der Waals surface area contributed by atoms with Crippen molar-refractivity contribution in [2.75, 3.05) is 20.8 Å². The summed E-state index contributed by atoms with van der Waals surface area (Å²) in [6.07, 6.45) is 1.10. The van der Waals surface area contributed by atoms with Crippen LogP contribution in [0.5, 0.6) is 11.5 Å². The van der Waals surface area contributed by atoms with Gasteiger partial charge < -0.3 is 14.8 Å². The Hall–Kier alpha value is -2.86. The van der Waals surface area contributed by atoms with E-state index in [1.807, 2.05) is 55.5 Å². The highest BCUT2D eigenvalue weighted by atomic mass is 32.1. The van der Waals surface area contributed by atoms with Gasteiger partial charge in [0.05, 0.1) is 26.3 Å². The lowest BCUT2D eigenvalue weighted by Crippen LogP contribution is -2.27. The lowest BCUT2D eigenvalue weighted by molar-refractivity contribution is -0.120. The Bertz CT molecular complexity index is 952. The number of methoxy groups -OCH3 is 2. The first-order valence-corrected chi connectivity index (χ1v) is 9.91. The molecule has 6 heteroatoms. The summed E-state index contributed by atoms with van der Waals surface area (Å²) in [6, 6.07) is 15.7. The van der Waals surface area contributed by atoms with Gasteiger partial charge in [-0.05, 0) is 43.2 Å². The fourth-order valence-corrected chi connectivity index (χ4v) is 3.91. The molecule has 0 saturated carbocycles. The topological polar surface area (TPSA) is 60.5 Å². The van der Waals surface area contributed by atoms with Crippen LogP contribution in [0.1, 0.15) is 16.1 Å². The zero-order valence-corrected chi connectivity index (χ0v) is 17.1. The van der Waals surface area contributed by atoms with E-state index in [1.54, 1.807) is 25.6 Å². The first-order valence-electron chi connectivity index (χ1n) is 9.09. The lowest BCUT2D eigenvalue weighted by Gasteiger charge is -2.06. The third-order valence-electron chi connectivity index (χ3n) is 4.40. The Morgan fingerprint density at radius 3 is 2.54 bits per heavy atom. The van der Waals surface area contributed by atoms with E-state index in [9.17, 15) is 4.79 Å². The number of nitrogens with one attached hydrogen (secondary N) is 1. The average molecular weight is 397 g/mol. The molecule has 3 rings (SSSR count). The molecule has 2 aromatic carbocycles. The van der Waals surface area contributed by atoms with E-state index in [-0.39, 0.29) is 5.91 Å². The second kappa shape index (κ2) is 9.37. The largest absolute Gasteiger partial charge is 0.497 e. The summed E-state index contributed by atoms with van der Waals surface area (Å²) >= 11 is 1.55. The molecule has 0 fully saturated rings. The van der Waals surface area contributed by atoms with Crippen LogP contribution in [-0.2, 0) is 17.6 Å². The van der Waals surface area contributed by atoms with Gasteiger partial charge in [0.1, 0.15) is 16.5 Å². The fraction of sp³-hybridized carbons (Fsp3) is 0.273. The van der Waals surface area contributed by atoms with Crippen LogP contribution in [0.3, 0.4) is 0 Å². The molecule has 0 saturated heterocycles. The molecule has 1 aromatic heterocycles. The Morgan fingerprint density at radius 2 is 1.79 bits per heavy atom. The van der Waals surface area contributed by atoms with Crippen LogP contribution in [0.25, 0.3) is 10.6 Å². The zero-order chi connectivity index (χ0) is 19.9. The number of nitrogens with zero attached hydrogens (tertiary/aromatic N) is 1. The first-order chi connectivity index (χ1) is 13.6. The maximum atomic E-state index is 12.3. The highest BCUT2D eigenvalue weighted by molar-refractivity contribution is 7.15. The second-order valence-electron chi connectivity index (χ2n) is 6.39. The van der Waals surface area contributed by atoms with E-state index in [2.05, 4.69) is 10.3 Å². The van der Waals surface area contributed by atoms with E-state index >= 15 is 0 Å². The van der Waals surface area contributed by atoms with Crippen LogP contribution in [0.15, 0.2) is 48.5 Å². The molecule has 0 aliphatic rings. The third kappa shape index (κ3) is 5.10. The summed E-state index contributed by atoms with van der Waals surface area (Å²) < 4.78 is 10.5. The summed E-state index contributed by atoms with van der Waals surface area (Å²) in [5.74, 6) is 1.63. The molecule has 0 bridgehead atoms. The smallest absolute Gasteiger partial charge is 0.225 e. The molecule has 28 heavy (non-hydrogen) atoms. The molecule has 146 valence electrons. The van der Waals surface area contributed by atoms with Crippen molar-refractivity contribution < 1.29 is 14.3 Å². The van der Waals surface area contributed by atoms with Gasteiger partial charge in [0.2, 0.25) is 5.91 Å². The molecule has 1 heterocycles. The molecule has 0 aliphatic carbocycles. The van der Waals surface area contributed by atoms with Gasteiger partial charge in [-0.2, -0.15) is 0 Å². The Morgan fingerprint density at radius 1 is 1.07 bits per heavy atom. The zero-order valence-electron chi connectivity index (χ0n) is 16.3. The van der Waals surface area contributed by atoms with Crippen LogP contribution < -0.4 is 14.8 Å². The first kappa shape index (κ1) is 19.9. The Labute approximate surface area is 169 Å². The average Bonchev–Trinajstić information content (AvgIpc) is 3.08. The van der Waals surface area contributed by atoms with Gasteiger partial charge in [-0.3, -0.25) is 4.79 Å². The number of rotatable bonds is 8. The number of aromatic nitrogens is 1. The maximum absolute atomic E-state index is 12.3. The molecule has 3 aromatic rings. The molecule has 5 nitrogen and oxygen atoms in total. The minimum atomic E-state index is 0.00633. The van der Waals surface area contributed by atoms with Crippen molar-refractivity contribution in [1.82, 2.24) is 10.3 Å². The Balaban J connectivity index is 1.57. The molecule has 0 aliphatic heterocycles. The van der Waals surface area contributed by atoms with Crippen molar-refractivity contribution in [3.63, 3.8) is 0 Å². The molecule has 1 amide bonds. The van der Waals surface area contributed by atoms with E-state index in [1.165, 1.54) is 0 Å². The predicted octanol–water partition coefficient (Wildman–Crippen LogP) is 4.04. The standard InChI is InChI=1S/C22H24N2O3S/c1-15-20(28-22(24-15)17-7-5-9-19(13-17)27-3)14-21(25)23-11-10-16-6-4-8-18(12-16)26-2/h4-9,12-13H,10-11,14H2,1-3H3,(H,23,25). The summed E-state index contributed by atoms with van der Waals surface area (Å²) in [6.45, 7) is 2.53. The van der Waals surface area contributed by atoms with E-state index in [0.29, 0.717) is 13.0 Å². The van der Waals surface area contributed by atoms with Gasteiger partial charge in [0, 0.05) is 17.0 Å². The van der Waals surface area contributed by atoms with Crippen LogP contribution in [-0.4, -0.2) is 31.7 Å². The monoisotopic (exact) mass is 396 g/mol. The highest BCUT2D eigenvalue weighted by Gasteiger charge is 2.13. The van der Waals surface area contributed by atoms with Crippen molar-refractivity contribution in [3.05, 3.63) is 64.7 Å². The van der Waals surface area contributed by atoms with Gasteiger partial charge in [-0.1, -0.05) is 24.3 Å². The van der Waals surface area contributed by atoms with Crippen LogP contribution >= 0.6 is 11.3 Å². The second-order valence-corrected chi connectivity index (χ2v) is 7.47. The number of ether oxygens (including phenoxy) is 2. The summed E-state index contributed by atoms with van der Waals surface area (Å²) in [5, 5.41) is 3.89. The van der Waals surface area contributed by atoms with Crippen LogP contribution in [0.4, 0.5) is 0 Å². The summed E-state index contributed by atoms with van der Waals surface area (Å²) in [4.78, 5) is 18.0. The van der Waals surface area contributed by atoms with Gasteiger partial charge >= 0.3 is 0 Å². The number of aryl methyl sites for hydroxylation is 1. The number of carbonyl (C=O) groups is 1. The number of hydrogen-bond donors (Lipinski definition) is 1. The number of benzene rings is 2. The molecule has 0 atom stereocenters.